The molecule has 3 rings (SSSR count). The third-order valence-corrected chi connectivity index (χ3v) is 4.32. The van der Waals surface area contributed by atoms with Gasteiger partial charge in [0.1, 0.15) is 28.5 Å². The summed E-state index contributed by atoms with van der Waals surface area (Å²) in [7, 11) is 1.54. The molecule has 8 nitrogen and oxygen atoms in total. The number of amides is 1. The van der Waals surface area contributed by atoms with Gasteiger partial charge in [-0.3, -0.25) is 4.79 Å². The summed E-state index contributed by atoms with van der Waals surface area (Å²) >= 11 is 0. The Morgan fingerprint density at radius 2 is 1.86 bits per heavy atom. The van der Waals surface area contributed by atoms with Gasteiger partial charge in [0, 0.05) is 5.56 Å². The zero-order valence-corrected chi connectivity index (χ0v) is 17.1. The van der Waals surface area contributed by atoms with Crippen LogP contribution < -0.4 is 10.1 Å². The number of aryl methyl sites for hydroxylation is 2. The van der Waals surface area contributed by atoms with Crippen molar-refractivity contribution >= 4 is 24.3 Å². The van der Waals surface area contributed by atoms with Gasteiger partial charge in [0.25, 0.3) is 5.91 Å². The minimum atomic E-state index is -1.20. The molecule has 3 aromatic rings. The maximum atomic E-state index is 12.5. The molecule has 0 aliphatic rings. The Balaban J connectivity index is 0.00000300. The third kappa shape index (κ3) is 4.43. The molecule has 29 heavy (non-hydrogen) atoms. The van der Waals surface area contributed by atoms with E-state index in [1.165, 1.54) is 0 Å². The number of halogens is 1. The molecule has 1 amide bonds. The van der Waals surface area contributed by atoms with Crippen LogP contribution in [-0.2, 0) is 0 Å². The molecule has 0 saturated carbocycles. The lowest BCUT2D eigenvalue weighted by atomic mass is 10.0. The molecule has 0 bridgehead atoms. The second kappa shape index (κ2) is 8.83. The van der Waals surface area contributed by atoms with Gasteiger partial charge in [0.05, 0.1) is 18.7 Å². The maximum absolute atomic E-state index is 12.5. The van der Waals surface area contributed by atoms with Crippen molar-refractivity contribution < 1.29 is 28.4 Å². The minimum Gasteiger partial charge on any atom is -0.497 e. The number of hydrogen-bond acceptors (Lipinski definition) is 6. The molecule has 2 aromatic heterocycles. The van der Waals surface area contributed by atoms with Gasteiger partial charge in [0.15, 0.2) is 5.76 Å². The number of furan rings is 1. The van der Waals surface area contributed by atoms with Crippen molar-refractivity contribution in [1.29, 1.82) is 0 Å². The van der Waals surface area contributed by atoms with E-state index in [4.69, 9.17) is 13.7 Å². The Labute approximate surface area is 173 Å². The highest BCUT2D eigenvalue weighted by molar-refractivity contribution is 5.97. The van der Waals surface area contributed by atoms with Gasteiger partial charge in [0.2, 0.25) is 0 Å². The van der Waals surface area contributed by atoms with Crippen LogP contribution in [0.5, 0.6) is 5.75 Å². The van der Waals surface area contributed by atoms with Crippen molar-refractivity contribution in [2.75, 3.05) is 7.11 Å². The quantitative estimate of drug-likeness (QED) is 0.614. The summed E-state index contributed by atoms with van der Waals surface area (Å²) in [6, 6.07) is 7.68. The van der Waals surface area contributed by atoms with Gasteiger partial charge >= 0.3 is 5.97 Å². The first-order chi connectivity index (χ1) is 13.3. The van der Waals surface area contributed by atoms with E-state index in [1.54, 1.807) is 58.2 Å². The summed E-state index contributed by atoms with van der Waals surface area (Å²) < 4.78 is 15.8. The smallest absolute Gasteiger partial charge is 0.341 e. The van der Waals surface area contributed by atoms with Gasteiger partial charge in [-0.25, -0.2) is 4.79 Å². The van der Waals surface area contributed by atoms with Gasteiger partial charge in [-0.15, -0.1) is 12.4 Å². The molecule has 0 fully saturated rings. The van der Waals surface area contributed by atoms with Crippen LogP contribution in [0.4, 0.5) is 0 Å². The number of hydrogen-bond donors (Lipinski definition) is 2. The molecule has 2 N–H and O–H groups in total. The highest BCUT2D eigenvalue weighted by Crippen LogP contribution is 2.30. The molecule has 1 aromatic carbocycles. The van der Waals surface area contributed by atoms with E-state index < -0.39 is 12.0 Å². The number of benzene rings is 1. The number of carboxylic acids is 1. The number of aromatic carboxylic acids is 1. The van der Waals surface area contributed by atoms with Crippen LogP contribution in [0.25, 0.3) is 11.3 Å². The molecule has 9 heteroatoms. The highest BCUT2D eigenvalue weighted by Gasteiger charge is 2.28. The maximum Gasteiger partial charge on any atom is 0.341 e. The summed E-state index contributed by atoms with van der Waals surface area (Å²) in [4.78, 5) is 24.4. The first-order valence-electron chi connectivity index (χ1n) is 8.57. The number of carbonyl (C=O) groups is 2. The van der Waals surface area contributed by atoms with Crippen LogP contribution in [0.2, 0.25) is 0 Å². The Bertz CT molecular complexity index is 1020. The highest BCUT2D eigenvalue weighted by atomic mass is 35.5. The fourth-order valence-electron chi connectivity index (χ4n) is 2.95. The molecule has 0 aliphatic heterocycles. The van der Waals surface area contributed by atoms with Crippen LogP contribution in [-0.4, -0.2) is 29.2 Å². The molecule has 0 spiro atoms. The van der Waals surface area contributed by atoms with Crippen LogP contribution in [0, 0.1) is 13.8 Å². The van der Waals surface area contributed by atoms with Crippen molar-refractivity contribution in [3.63, 3.8) is 0 Å². The second-order valence-corrected chi connectivity index (χ2v) is 6.33. The first kappa shape index (κ1) is 22.0. The van der Waals surface area contributed by atoms with Crippen molar-refractivity contribution in [1.82, 2.24) is 10.5 Å². The van der Waals surface area contributed by atoms with Crippen LogP contribution >= 0.6 is 12.4 Å². The Morgan fingerprint density at radius 3 is 2.38 bits per heavy atom. The van der Waals surface area contributed by atoms with Crippen molar-refractivity contribution in [3.05, 3.63) is 58.7 Å². The summed E-state index contributed by atoms with van der Waals surface area (Å²) in [6.07, 6.45) is 0. The fourth-order valence-corrected chi connectivity index (χ4v) is 2.95. The number of ether oxygens (including phenoxy) is 1. The van der Waals surface area contributed by atoms with E-state index >= 15 is 0 Å². The second-order valence-electron chi connectivity index (χ2n) is 6.33. The van der Waals surface area contributed by atoms with Gasteiger partial charge in [-0.2, -0.15) is 0 Å². The summed E-state index contributed by atoms with van der Waals surface area (Å²) in [5.41, 5.74) is 1.03. The molecule has 1 atom stereocenters. The van der Waals surface area contributed by atoms with Crippen molar-refractivity contribution in [2.45, 2.75) is 26.8 Å². The van der Waals surface area contributed by atoms with Crippen molar-refractivity contribution in [2.24, 2.45) is 0 Å². The molecular formula is C20H21ClN2O6. The average molecular weight is 421 g/mol. The van der Waals surface area contributed by atoms with E-state index in [0.717, 1.165) is 0 Å². The molecule has 0 radical (unpaired) electrons. The topological polar surface area (TPSA) is 115 Å². The lowest BCUT2D eigenvalue weighted by Crippen LogP contribution is -2.27. The number of nitrogens with one attached hydrogen (secondary N) is 1. The molecule has 0 saturated heterocycles. The number of carboxylic acid groups (broad SMARTS) is 1. The van der Waals surface area contributed by atoms with Gasteiger partial charge in [-0.05, 0) is 51.1 Å². The lowest BCUT2D eigenvalue weighted by Gasteiger charge is -2.11. The standard InChI is InChI=1S/C20H20N2O6.ClH/c1-10-9-15(12(3)27-10)19(23)21-11(2)18-16(20(24)25)17(22-28-18)13-5-7-14(26-4)8-6-13;/h5-9,11H,1-4H3,(H,21,23)(H,24,25);1H/t11-;/m1./s1. The number of aromatic nitrogens is 1. The molecule has 2 heterocycles. The SMILES string of the molecule is COc1ccc(-c2noc([C@@H](C)NC(=O)c3cc(C)oc3C)c2C(=O)O)cc1.Cl. The molecule has 154 valence electrons. The third-order valence-electron chi connectivity index (χ3n) is 4.32. The van der Waals surface area contributed by atoms with Gasteiger partial charge < -0.3 is 24.1 Å². The van der Waals surface area contributed by atoms with Crippen molar-refractivity contribution in [3.8, 4) is 17.0 Å². The van der Waals surface area contributed by atoms with E-state index in [0.29, 0.717) is 28.4 Å². The summed E-state index contributed by atoms with van der Waals surface area (Å²) in [5.74, 6) is 0.208. The Morgan fingerprint density at radius 1 is 1.21 bits per heavy atom. The van der Waals surface area contributed by atoms with Crippen LogP contribution in [0.1, 0.15) is 51.0 Å². The predicted octanol–water partition coefficient (Wildman–Crippen LogP) is 4.17. The zero-order chi connectivity index (χ0) is 20.4. The van der Waals surface area contributed by atoms with E-state index in [1.807, 2.05) is 0 Å². The predicted molar refractivity (Wildman–Crippen MR) is 107 cm³/mol. The van der Waals surface area contributed by atoms with E-state index in [-0.39, 0.29) is 35.3 Å². The molecular weight excluding hydrogens is 400 g/mol. The largest absolute Gasteiger partial charge is 0.497 e. The summed E-state index contributed by atoms with van der Waals surface area (Å²) in [5, 5.41) is 16.3. The van der Waals surface area contributed by atoms with Crippen LogP contribution in [0.15, 0.2) is 39.3 Å². The summed E-state index contributed by atoms with van der Waals surface area (Å²) in [6.45, 7) is 5.06. The number of rotatable bonds is 6. The number of methoxy groups -OCH3 is 1. The molecule has 0 unspecified atom stereocenters. The number of carbonyl (C=O) groups excluding carboxylic acids is 1. The first-order valence-corrected chi connectivity index (χ1v) is 8.57. The Hall–Kier alpha value is -3.26. The monoisotopic (exact) mass is 420 g/mol. The van der Waals surface area contributed by atoms with E-state index in [9.17, 15) is 14.7 Å². The normalized spacial score (nSPS) is 11.4. The van der Waals surface area contributed by atoms with E-state index in [2.05, 4.69) is 10.5 Å². The zero-order valence-electron chi connectivity index (χ0n) is 16.3. The number of nitrogens with zero attached hydrogens (tertiary/aromatic N) is 1. The average Bonchev–Trinajstić information content (AvgIpc) is 3.25. The molecule has 0 aliphatic carbocycles. The van der Waals surface area contributed by atoms with Gasteiger partial charge in [-0.1, -0.05) is 5.16 Å². The van der Waals surface area contributed by atoms with Crippen LogP contribution in [0.3, 0.4) is 0 Å². The fraction of sp³-hybridized carbons (Fsp3) is 0.250. The Kier molecular flexibility index (Phi) is 6.71. The lowest BCUT2D eigenvalue weighted by molar-refractivity contribution is 0.0692. The minimum absolute atomic E-state index is 0.